The Kier molecular flexibility index (Phi) is 3.42. The highest BCUT2D eigenvalue weighted by molar-refractivity contribution is 5.30. The molecule has 1 unspecified atom stereocenters. The van der Waals surface area contributed by atoms with E-state index in [1.165, 1.54) is 48.9 Å². The lowest BCUT2D eigenvalue weighted by Crippen LogP contribution is -2.35. The first-order valence-electron chi connectivity index (χ1n) is 6.05. The number of nitrogens with one attached hydrogen (secondary N) is 1. The molecule has 1 aromatic carbocycles. The molecule has 15 heavy (non-hydrogen) atoms. The first-order valence-corrected chi connectivity index (χ1v) is 6.05. The van der Waals surface area contributed by atoms with Gasteiger partial charge in [-0.05, 0) is 56.3 Å². The second-order valence-corrected chi connectivity index (χ2v) is 4.77. The van der Waals surface area contributed by atoms with Crippen LogP contribution in [0.3, 0.4) is 0 Å². The van der Waals surface area contributed by atoms with Crippen molar-refractivity contribution in [2.45, 2.75) is 45.6 Å². The highest BCUT2D eigenvalue weighted by atomic mass is 14.9. The van der Waals surface area contributed by atoms with Crippen LogP contribution in [-0.2, 0) is 6.42 Å². The van der Waals surface area contributed by atoms with Gasteiger partial charge in [-0.3, -0.25) is 0 Å². The second-order valence-electron chi connectivity index (χ2n) is 4.77. The van der Waals surface area contributed by atoms with Crippen LogP contribution in [-0.4, -0.2) is 12.6 Å². The van der Waals surface area contributed by atoms with Gasteiger partial charge in [0, 0.05) is 6.04 Å². The quantitative estimate of drug-likeness (QED) is 0.779. The molecular weight excluding hydrogens is 182 g/mol. The Morgan fingerprint density at radius 2 is 2.07 bits per heavy atom. The lowest BCUT2D eigenvalue weighted by molar-refractivity contribution is 0.399. The summed E-state index contributed by atoms with van der Waals surface area (Å²) < 4.78 is 0. The Balaban J connectivity index is 2.00. The van der Waals surface area contributed by atoms with Gasteiger partial charge in [0.05, 0.1) is 0 Å². The van der Waals surface area contributed by atoms with E-state index in [4.69, 9.17) is 0 Å². The van der Waals surface area contributed by atoms with Crippen molar-refractivity contribution >= 4 is 0 Å². The van der Waals surface area contributed by atoms with E-state index in [9.17, 15) is 0 Å². The summed E-state index contributed by atoms with van der Waals surface area (Å²) in [5.41, 5.74) is 4.30. The van der Waals surface area contributed by atoms with Crippen LogP contribution >= 0.6 is 0 Å². The topological polar surface area (TPSA) is 12.0 Å². The Morgan fingerprint density at radius 1 is 1.20 bits per heavy atom. The fraction of sp³-hybridized carbons (Fsp3) is 0.571. The Hall–Kier alpha value is -0.820. The van der Waals surface area contributed by atoms with E-state index in [0.29, 0.717) is 6.04 Å². The first-order chi connectivity index (χ1) is 7.25. The van der Waals surface area contributed by atoms with Crippen molar-refractivity contribution in [2.24, 2.45) is 0 Å². The van der Waals surface area contributed by atoms with Crippen molar-refractivity contribution in [3.8, 4) is 0 Å². The molecule has 1 aromatic rings. The van der Waals surface area contributed by atoms with Crippen LogP contribution in [0.25, 0.3) is 0 Å². The summed E-state index contributed by atoms with van der Waals surface area (Å²) in [7, 11) is 0. The highest BCUT2D eigenvalue weighted by Crippen LogP contribution is 2.15. The zero-order valence-corrected chi connectivity index (χ0v) is 9.84. The van der Waals surface area contributed by atoms with Crippen molar-refractivity contribution in [1.29, 1.82) is 0 Å². The lowest BCUT2D eigenvalue weighted by atomic mass is 9.96. The Morgan fingerprint density at radius 3 is 2.73 bits per heavy atom. The van der Waals surface area contributed by atoms with Gasteiger partial charge in [-0.15, -0.1) is 0 Å². The van der Waals surface area contributed by atoms with Gasteiger partial charge in [0.15, 0.2) is 0 Å². The molecule has 0 aromatic heterocycles. The molecule has 1 aliphatic rings. The summed E-state index contributed by atoms with van der Waals surface area (Å²) in [5, 5.41) is 3.60. The summed E-state index contributed by atoms with van der Waals surface area (Å²) in [5.74, 6) is 0. The van der Waals surface area contributed by atoms with Gasteiger partial charge in [0.2, 0.25) is 0 Å². The van der Waals surface area contributed by atoms with Crippen LogP contribution in [0.4, 0.5) is 0 Å². The van der Waals surface area contributed by atoms with E-state index in [-0.39, 0.29) is 0 Å². The highest BCUT2D eigenvalue weighted by Gasteiger charge is 2.12. The average Bonchev–Trinajstić information content (AvgIpc) is 2.25. The van der Waals surface area contributed by atoms with Crippen LogP contribution in [0, 0.1) is 13.8 Å². The molecule has 0 amide bonds. The molecule has 1 saturated heterocycles. The SMILES string of the molecule is Cc1ccc(CC2CCCCN2)cc1C. The lowest BCUT2D eigenvalue weighted by Gasteiger charge is -2.23. The van der Waals surface area contributed by atoms with Crippen molar-refractivity contribution in [3.63, 3.8) is 0 Å². The molecule has 2 rings (SSSR count). The summed E-state index contributed by atoms with van der Waals surface area (Å²) >= 11 is 0. The maximum Gasteiger partial charge on any atom is 0.0107 e. The minimum Gasteiger partial charge on any atom is -0.314 e. The molecule has 1 nitrogen and oxygen atoms in total. The summed E-state index contributed by atoms with van der Waals surface area (Å²) in [6, 6.07) is 7.57. The van der Waals surface area contributed by atoms with Gasteiger partial charge in [-0.2, -0.15) is 0 Å². The van der Waals surface area contributed by atoms with E-state index in [1.54, 1.807) is 0 Å². The number of hydrogen-bond donors (Lipinski definition) is 1. The Bertz CT molecular complexity index is 324. The summed E-state index contributed by atoms with van der Waals surface area (Å²) in [6.45, 7) is 5.58. The molecule has 1 heterocycles. The molecule has 1 aliphatic heterocycles. The molecule has 1 heteroatoms. The minimum atomic E-state index is 0.709. The van der Waals surface area contributed by atoms with Crippen LogP contribution < -0.4 is 5.32 Å². The number of rotatable bonds is 2. The summed E-state index contributed by atoms with van der Waals surface area (Å²) in [4.78, 5) is 0. The molecule has 0 saturated carbocycles. The predicted molar refractivity (Wildman–Crippen MR) is 65.3 cm³/mol. The number of aryl methyl sites for hydroxylation is 2. The van der Waals surface area contributed by atoms with E-state index >= 15 is 0 Å². The van der Waals surface area contributed by atoms with Gasteiger partial charge in [-0.25, -0.2) is 0 Å². The van der Waals surface area contributed by atoms with Crippen LogP contribution in [0.15, 0.2) is 18.2 Å². The number of piperidine rings is 1. The Labute approximate surface area is 92.9 Å². The third kappa shape index (κ3) is 2.82. The van der Waals surface area contributed by atoms with E-state index in [1.807, 2.05) is 0 Å². The van der Waals surface area contributed by atoms with Crippen molar-refractivity contribution < 1.29 is 0 Å². The number of benzene rings is 1. The molecule has 0 radical (unpaired) electrons. The molecule has 0 aliphatic carbocycles. The normalized spacial score (nSPS) is 21.6. The largest absolute Gasteiger partial charge is 0.314 e. The first kappa shape index (κ1) is 10.7. The van der Waals surface area contributed by atoms with Crippen LogP contribution in [0.2, 0.25) is 0 Å². The van der Waals surface area contributed by atoms with Gasteiger partial charge in [-0.1, -0.05) is 24.6 Å². The smallest absolute Gasteiger partial charge is 0.0107 e. The third-order valence-corrected chi connectivity index (χ3v) is 3.47. The zero-order valence-electron chi connectivity index (χ0n) is 9.84. The van der Waals surface area contributed by atoms with Gasteiger partial charge in [0.1, 0.15) is 0 Å². The number of hydrogen-bond acceptors (Lipinski definition) is 1. The molecule has 1 N–H and O–H groups in total. The van der Waals surface area contributed by atoms with E-state index in [0.717, 1.165) is 0 Å². The average molecular weight is 203 g/mol. The van der Waals surface area contributed by atoms with Crippen LogP contribution in [0.5, 0.6) is 0 Å². The van der Waals surface area contributed by atoms with Crippen molar-refractivity contribution in [2.75, 3.05) is 6.54 Å². The maximum atomic E-state index is 3.60. The van der Waals surface area contributed by atoms with Crippen LogP contribution in [0.1, 0.15) is 36.0 Å². The standard InChI is InChI=1S/C14H21N/c1-11-6-7-13(9-12(11)2)10-14-5-3-4-8-15-14/h6-7,9,14-15H,3-5,8,10H2,1-2H3. The molecule has 0 spiro atoms. The monoisotopic (exact) mass is 203 g/mol. The maximum absolute atomic E-state index is 3.60. The van der Waals surface area contributed by atoms with Gasteiger partial charge in [0.25, 0.3) is 0 Å². The van der Waals surface area contributed by atoms with Crippen molar-refractivity contribution in [3.05, 3.63) is 34.9 Å². The molecule has 0 bridgehead atoms. The fourth-order valence-electron chi connectivity index (χ4n) is 2.31. The molecule has 82 valence electrons. The molecule has 1 atom stereocenters. The van der Waals surface area contributed by atoms with Crippen molar-refractivity contribution in [1.82, 2.24) is 5.32 Å². The summed E-state index contributed by atoms with van der Waals surface area (Å²) in [6.07, 6.45) is 5.28. The second kappa shape index (κ2) is 4.80. The van der Waals surface area contributed by atoms with E-state index < -0.39 is 0 Å². The zero-order chi connectivity index (χ0) is 10.7. The van der Waals surface area contributed by atoms with Gasteiger partial charge >= 0.3 is 0 Å². The fourth-order valence-corrected chi connectivity index (χ4v) is 2.31. The predicted octanol–water partition coefficient (Wildman–Crippen LogP) is 2.99. The molecular formula is C14H21N. The van der Waals surface area contributed by atoms with Gasteiger partial charge < -0.3 is 5.32 Å². The third-order valence-electron chi connectivity index (χ3n) is 3.47. The minimum absolute atomic E-state index is 0.709. The molecule has 1 fully saturated rings. The van der Waals surface area contributed by atoms with E-state index in [2.05, 4.69) is 37.4 Å².